The number of carbonyl (C=O) groups is 1. The monoisotopic (exact) mass is 479 g/mol. The molecule has 2 aromatic carbocycles. The lowest BCUT2D eigenvalue weighted by molar-refractivity contribution is -0.130. The average molecular weight is 480 g/mol. The fourth-order valence-corrected chi connectivity index (χ4v) is 4.96. The van der Waals surface area contributed by atoms with Crippen molar-refractivity contribution in [1.82, 2.24) is 20.4 Å². The van der Waals surface area contributed by atoms with Crippen LogP contribution < -0.4 is 15.4 Å². The number of hydrogen-bond acceptors (Lipinski definition) is 5. The molecule has 1 aliphatic carbocycles. The number of ether oxygens (including phenoxy) is 1. The first-order chi connectivity index (χ1) is 17.7. The Labute approximate surface area is 211 Å². The van der Waals surface area contributed by atoms with Gasteiger partial charge >= 0.3 is 0 Å². The van der Waals surface area contributed by atoms with Gasteiger partial charge < -0.3 is 10.1 Å². The molecular weight excluding hydrogens is 450 g/mol. The van der Waals surface area contributed by atoms with Crippen molar-refractivity contribution in [3.05, 3.63) is 84.6 Å². The molecule has 5 rings (SSSR count). The fraction of sp³-hybridized carbons (Fsp3) is 0.276. The van der Waals surface area contributed by atoms with Gasteiger partial charge in [0.25, 0.3) is 0 Å². The first-order valence-electron chi connectivity index (χ1n) is 12.3. The Morgan fingerprint density at radius 2 is 1.94 bits per heavy atom. The minimum atomic E-state index is -0.524. The summed E-state index contributed by atoms with van der Waals surface area (Å²) in [6.07, 6.45) is 8.93. The lowest BCUT2D eigenvalue weighted by atomic mass is 9.82. The molecule has 3 unspecified atom stereocenters. The Kier molecular flexibility index (Phi) is 6.96. The molecule has 1 saturated carbocycles. The number of para-hydroxylation sites is 1. The van der Waals surface area contributed by atoms with Gasteiger partial charge in [0.15, 0.2) is 0 Å². The molecule has 2 heterocycles. The van der Waals surface area contributed by atoms with Crippen LogP contribution in [0.3, 0.4) is 0 Å². The van der Waals surface area contributed by atoms with Crippen molar-refractivity contribution in [2.45, 2.75) is 37.9 Å². The second-order valence-electron chi connectivity index (χ2n) is 9.15. The quantitative estimate of drug-likeness (QED) is 0.381. The van der Waals surface area contributed by atoms with Gasteiger partial charge in [-0.05, 0) is 55.3 Å². The van der Waals surface area contributed by atoms with Gasteiger partial charge in [-0.1, -0.05) is 43.7 Å². The van der Waals surface area contributed by atoms with Gasteiger partial charge in [0, 0.05) is 23.4 Å². The number of carbonyl (C=O) groups excluding carboxylic acids is 1. The number of nitriles is 1. The molecule has 0 bridgehead atoms. The molecule has 2 N–H and O–H groups in total. The zero-order chi connectivity index (χ0) is 24.9. The van der Waals surface area contributed by atoms with E-state index >= 15 is 0 Å². The van der Waals surface area contributed by atoms with E-state index in [2.05, 4.69) is 23.3 Å². The zero-order valence-corrected chi connectivity index (χ0v) is 20.1. The number of benzene rings is 2. The maximum absolute atomic E-state index is 12.8. The molecule has 1 aromatic heterocycles. The summed E-state index contributed by atoms with van der Waals surface area (Å²) in [7, 11) is 0. The van der Waals surface area contributed by atoms with Gasteiger partial charge in [-0.3, -0.25) is 10.1 Å². The van der Waals surface area contributed by atoms with E-state index in [0.29, 0.717) is 12.2 Å². The summed E-state index contributed by atoms with van der Waals surface area (Å²) in [5.74, 6) is 0.750. The molecule has 3 aromatic rings. The second-order valence-corrected chi connectivity index (χ2v) is 9.15. The molecule has 3 atom stereocenters. The topological polar surface area (TPSA) is 92.0 Å². The highest BCUT2D eigenvalue weighted by molar-refractivity contribution is 5.82. The van der Waals surface area contributed by atoms with Crippen molar-refractivity contribution >= 4 is 12.0 Å². The van der Waals surface area contributed by atoms with Gasteiger partial charge in [0.1, 0.15) is 18.5 Å². The third kappa shape index (κ3) is 4.95. The first-order valence-corrected chi connectivity index (χ1v) is 12.3. The predicted molar refractivity (Wildman–Crippen MR) is 139 cm³/mol. The molecule has 7 heteroatoms. The van der Waals surface area contributed by atoms with E-state index in [1.165, 1.54) is 0 Å². The summed E-state index contributed by atoms with van der Waals surface area (Å²) < 4.78 is 7.43. The van der Waals surface area contributed by atoms with E-state index in [0.717, 1.165) is 53.9 Å². The van der Waals surface area contributed by atoms with E-state index in [9.17, 15) is 10.1 Å². The highest BCUT2D eigenvalue weighted by Gasteiger charge is 2.38. The van der Waals surface area contributed by atoms with Gasteiger partial charge in [-0.2, -0.15) is 10.4 Å². The summed E-state index contributed by atoms with van der Waals surface area (Å²) in [5.41, 5.74) is 3.79. The Hall–Kier alpha value is -4.15. The largest absolute Gasteiger partial charge is 0.490 e. The lowest BCUT2D eigenvalue weighted by Crippen LogP contribution is -2.62. The average Bonchev–Trinajstić information content (AvgIpc) is 3.35. The number of nitrogens with one attached hydrogen (secondary N) is 2. The Bertz CT molecular complexity index is 1300. The number of hydrogen-bond donors (Lipinski definition) is 2. The number of rotatable bonds is 7. The van der Waals surface area contributed by atoms with Crippen molar-refractivity contribution in [3.8, 4) is 28.8 Å². The van der Waals surface area contributed by atoms with E-state index in [4.69, 9.17) is 9.84 Å². The van der Waals surface area contributed by atoms with Crippen LogP contribution in [0.25, 0.3) is 23.0 Å². The highest BCUT2D eigenvalue weighted by Crippen LogP contribution is 2.30. The van der Waals surface area contributed by atoms with Crippen LogP contribution in [0.15, 0.2) is 79.0 Å². The predicted octanol–water partition coefficient (Wildman–Crippen LogP) is 4.62. The van der Waals surface area contributed by atoms with Crippen LogP contribution in [0.5, 0.6) is 5.75 Å². The Balaban J connectivity index is 1.51. The fourth-order valence-electron chi connectivity index (χ4n) is 4.96. The van der Waals surface area contributed by atoms with Crippen molar-refractivity contribution in [2.75, 3.05) is 6.61 Å². The summed E-state index contributed by atoms with van der Waals surface area (Å²) in [6, 6.07) is 19.9. The minimum Gasteiger partial charge on any atom is -0.490 e. The van der Waals surface area contributed by atoms with Gasteiger partial charge in [0.2, 0.25) is 5.91 Å². The molecule has 2 fully saturated rings. The van der Waals surface area contributed by atoms with E-state index in [1.54, 1.807) is 6.08 Å². The van der Waals surface area contributed by atoms with Crippen molar-refractivity contribution in [2.24, 2.45) is 5.92 Å². The van der Waals surface area contributed by atoms with Crippen LogP contribution in [0.4, 0.5) is 0 Å². The van der Waals surface area contributed by atoms with Crippen LogP contribution >= 0.6 is 0 Å². The number of aromatic nitrogens is 2. The minimum absolute atomic E-state index is 0.0202. The third-order valence-electron chi connectivity index (χ3n) is 6.78. The van der Waals surface area contributed by atoms with Gasteiger partial charge in [0.05, 0.1) is 28.9 Å². The maximum atomic E-state index is 12.8. The molecular formula is C29H29N5O2. The summed E-state index contributed by atoms with van der Waals surface area (Å²) in [4.78, 5) is 12.8. The first kappa shape index (κ1) is 23.6. The van der Waals surface area contributed by atoms with E-state index < -0.39 is 6.17 Å². The molecule has 182 valence electrons. The molecule has 0 radical (unpaired) electrons. The molecule has 0 spiro atoms. The van der Waals surface area contributed by atoms with Crippen molar-refractivity contribution in [3.63, 3.8) is 0 Å². The van der Waals surface area contributed by atoms with Crippen LogP contribution in [0.2, 0.25) is 0 Å². The molecule has 7 nitrogen and oxygen atoms in total. The summed E-state index contributed by atoms with van der Waals surface area (Å²) in [6.45, 7) is 4.12. The number of fused-ring (bicyclic) bond motifs is 1. The van der Waals surface area contributed by atoms with Crippen LogP contribution in [-0.4, -0.2) is 34.5 Å². The molecule has 1 saturated heterocycles. The molecule has 2 aliphatic rings. The van der Waals surface area contributed by atoms with Crippen LogP contribution in [0, 0.1) is 17.2 Å². The van der Waals surface area contributed by atoms with E-state index in [-0.39, 0.29) is 17.9 Å². The smallest absolute Gasteiger partial charge is 0.226 e. The Morgan fingerprint density at radius 1 is 1.17 bits per heavy atom. The molecule has 36 heavy (non-hydrogen) atoms. The SMILES string of the molecule is C=CCOc1ccc(-c2nn(-c3ccccc3)cc2/C=C(/C#N)C2NC(=O)C3CCCCC3N2)cc1. The van der Waals surface area contributed by atoms with Gasteiger partial charge in [-0.25, -0.2) is 4.68 Å². The third-order valence-corrected chi connectivity index (χ3v) is 6.78. The highest BCUT2D eigenvalue weighted by atomic mass is 16.5. The van der Waals surface area contributed by atoms with Crippen LogP contribution in [0.1, 0.15) is 31.2 Å². The van der Waals surface area contributed by atoms with Crippen molar-refractivity contribution in [1.29, 1.82) is 5.26 Å². The number of amides is 1. The van der Waals surface area contributed by atoms with E-state index in [1.807, 2.05) is 71.6 Å². The molecule has 1 amide bonds. The van der Waals surface area contributed by atoms with Crippen molar-refractivity contribution < 1.29 is 9.53 Å². The maximum Gasteiger partial charge on any atom is 0.226 e. The van der Waals surface area contributed by atoms with Gasteiger partial charge in [-0.15, -0.1) is 0 Å². The normalized spacial score (nSPS) is 21.7. The lowest BCUT2D eigenvalue weighted by Gasteiger charge is -2.39. The Morgan fingerprint density at radius 3 is 2.69 bits per heavy atom. The second kappa shape index (κ2) is 10.6. The summed E-state index contributed by atoms with van der Waals surface area (Å²) in [5, 5.41) is 21.4. The van der Waals surface area contributed by atoms with Crippen LogP contribution in [-0.2, 0) is 4.79 Å². The molecule has 1 aliphatic heterocycles. The number of nitrogens with zero attached hydrogens (tertiary/aromatic N) is 3. The summed E-state index contributed by atoms with van der Waals surface area (Å²) >= 11 is 0. The standard InChI is InChI=1S/C29H29N5O2/c1-2-16-36-24-14-12-20(13-15-24)27-22(19-34(33-27)23-8-4-3-5-9-23)17-21(18-30)28-31-26-11-7-6-10-25(26)29(35)32-28/h2-5,8-9,12-15,17,19,25-26,28,31H,1,6-7,10-11,16H2,(H,32,35)/b21-17-. The zero-order valence-electron chi connectivity index (χ0n) is 20.1.